The number of benzene rings is 1. The minimum absolute atomic E-state index is 0.181. The van der Waals surface area contributed by atoms with E-state index in [4.69, 9.17) is 4.99 Å². The van der Waals surface area contributed by atoms with Crippen molar-refractivity contribution in [3.63, 3.8) is 0 Å². The minimum atomic E-state index is -0.181. The summed E-state index contributed by atoms with van der Waals surface area (Å²) >= 11 is 0. The fourth-order valence-electron chi connectivity index (χ4n) is 3.63. The summed E-state index contributed by atoms with van der Waals surface area (Å²) in [5, 5.41) is 0. The molecule has 1 aromatic carbocycles. The van der Waals surface area contributed by atoms with E-state index in [2.05, 4.69) is 38.0 Å². The molecule has 1 nitrogen and oxygen atoms in total. The molecule has 1 fully saturated rings. The van der Waals surface area contributed by atoms with Crippen LogP contribution in [0.3, 0.4) is 0 Å². The highest BCUT2D eigenvalue weighted by molar-refractivity contribution is 6.04. The lowest BCUT2D eigenvalue weighted by atomic mass is 9.94. The van der Waals surface area contributed by atoms with Crippen LogP contribution in [0.2, 0.25) is 0 Å². The molecule has 0 aromatic heterocycles. The number of allylic oxidation sites excluding steroid dienone is 8. The highest BCUT2D eigenvalue weighted by Crippen LogP contribution is 2.35. The van der Waals surface area contributed by atoms with E-state index in [-0.39, 0.29) is 5.82 Å². The number of hydrogen-bond acceptors (Lipinski definition) is 1. The first-order chi connectivity index (χ1) is 14.8. The van der Waals surface area contributed by atoms with E-state index >= 15 is 0 Å². The molecule has 0 saturated heterocycles. The van der Waals surface area contributed by atoms with Gasteiger partial charge in [0.15, 0.2) is 0 Å². The average Bonchev–Trinajstić information content (AvgIpc) is 3.54. The topological polar surface area (TPSA) is 12.4 Å². The van der Waals surface area contributed by atoms with Gasteiger partial charge in [-0.05, 0) is 99.8 Å². The van der Waals surface area contributed by atoms with Gasteiger partial charge in [-0.15, -0.1) is 5.73 Å². The van der Waals surface area contributed by atoms with Crippen molar-refractivity contribution in [3.8, 4) is 0 Å². The van der Waals surface area contributed by atoms with E-state index in [0.717, 1.165) is 53.3 Å². The third-order valence-electron chi connectivity index (χ3n) is 5.74. The lowest BCUT2D eigenvalue weighted by Crippen LogP contribution is -2.07. The molecular formula is C29H36FN. The SMILES string of the molecule is C=C=C/C(C)=C(C)/N=C(CCc1cc(C)cc(F)c1)/C(/C=C\C=C)=C(/C)CCC1CC1. The van der Waals surface area contributed by atoms with Crippen LogP contribution in [0.1, 0.15) is 64.0 Å². The number of rotatable bonds is 11. The summed E-state index contributed by atoms with van der Waals surface area (Å²) in [5.74, 6) is 0.705. The lowest BCUT2D eigenvalue weighted by Gasteiger charge is -2.14. The quantitative estimate of drug-likeness (QED) is 0.195. The van der Waals surface area contributed by atoms with Crippen LogP contribution in [-0.2, 0) is 6.42 Å². The molecule has 1 saturated carbocycles. The van der Waals surface area contributed by atoms with Gasteiger partial charge in [-0.3, -0.25) is 4.99 Å². The monoisotopic (exact) mass is 417 g/mol. The van der Waals surface area contributed by atoms with Gasteiger partial charge in [-0.25, -0.2) is 4.39 Å². The third-order valence-corrected chi connectivity index (χ3v) is 5.74. The van der Waals surface area contributed by atoms with Crippen molar-refractivity contribution in [2.24, 2.45) is 10.9 Å². The fraction of sp³-hybridized carbons (Fsp3) is 0.379. The van der Waals surface area contributed by atoms with Crippen LogP contribution in [0.15, 0.2) is 88.8 Å². The number of halogens is 1. The number of aliphatic imine (C=N–C) groups is 1. The summed E-state index contributed by atoms with van der Waals surface area (Å²) in [4.78, 5) is 5.03. The van der Waals surface area contributed by atoms with E-state index in [1.807, 2.05) is 32.9 Å². The maximum Gasteiger partial charge on any atom is 0.123 e. The first-order valence-corrected chi connectivity index (χ1v) is 11.2. The van der Waals surface area contributed by atoms with Crippen LogP contribution in [0.5, 0.6) is 0 Å². The Bertz CT molecular complexity index is 940. The van der Waals surface area contributed by atoms with Gasteiger partial charge in [0.2, 0.25) is 0 Å². The Morgan fingerprint density at radius 2 is 1.94 bits per heavy atom. The molecule has 0 unspecified atom stereocenters. The van der Waals surface area contributed by atoms with Crippen molar-refractivity contribution in [2.75, 3.05) is 0 Å². The Hall–Kier alpha value is -2.70. The molecule has 0 bridgehead atoms. The van der Waals surface area contributed by atoms with E-state index in [1.165, 1.54) is 30.4 Å². The van der Waals surface area contributed by atoms with Gasteiger partial charge >= 0.3 is 0 Å². The molecule has 31 heavy (non-hydrogen) atoms. The zero-order valence-electron chi connectivity index (χ0n) is 19.6. The zero-order chi connectivity index (χ0) is 22.8. The Morgan fingerprint density at radius 3 is 2.55 bits per heavy atom. The first kappa shape index (κ1) is 24.6. The molecule has 0 aliphatic heterocycles. The van der Waals surface area contributed by atoms with E-state index in [1.54, 1.807) is 18.2 Å². The molecule has 1 aliphatic rings. The summed E-state index contributed by atoms with van der Waals surface area (Å²) in [6.45, 7) is 15.7. The summed E-state index contributed by atoms with van der Waals surface area (Å²) in [6.07, 6.45) is 14.3. The molecule has 0 heterocycles. The van der Waals surface area contributed by atoms with Crippen LogP contribution in [0, 0.1) is 18.7 Å². The minimum Gasteiger partial charge on any atom is -0.257 e. The molecule has 2 rings (SSSR count). The third kappa shape index (κ3) is 8.52. The Kier molecular flexibility index (Phi) is 9.69. The summed E-state index contributed by atoms with van der Waals surface area (Å²) < 4.78 is 13.9. The average molecular weight is 418 g/mol. The van der Waals surface area contributed by atoms with Crippen molar-refractivity contribution < 1.29 is 4.39 Å². The fourth-order valence-corrected chi connectivity index (χ4v) is 3.63. The first-order valence-electron chi connectivity index (χ1n) is 11.2. The van der Waals surface area contributed by atoms with Gasteiger partial charge in [0, 0.05) is 11.4 Å². The Morgan fingerprint density at radius 1 is 1.19 bits per heavy atom. The van der Waals surface area contributed by atoms with Gasteiger partial charge in [0.05, 0.1) is 0 Å². The van der Waals surface area contributed by atoms with Crippen LogP contribution < -0.4 is 0 Å². The van der Waals surface area contributed by atoms with Gasteiger partial charge in [0.25, 0.3) is 0 Å². The molecule has 1 aliphatic carbocycles. The predicted octanol–water partition coefficient (Wildman–Crippen LogP) is 8.39. The van der Waals surface area contributed by atoms with Crippen molar-refractivity contribution in [2.45, 2.75) is 66.2 Å². The molecule has 0 spiro atoms. The molecule has 164 valence electrons. The largest absolute Gasteiger partial charge is 0.257 e. The second-order valence-corrected chi connectivity index (χ2v) is 8.58. The summed E-state index contributed by atoms with van der Waals surface area (Å²) in [5.41, 5.74) is 10.3. The smallest absolute Gasteiger partial charge is 0.123 e. The van der Waals surface area contributed by atoms with Gasteiger partial charge in [-0.2, -0.15) is 0 Å². The second-order valence-electron chi connectivity index (χ2n) is 8.58. The van der Waals surface area contributed by atoms with Crippen LogP contribution >= 0.6 is 0 Å². The predicted molar refractivity (Wildman–Crippen MR) is 133 cm³/mol. The maximum absolute atomic E-state index is 13.9. The zero-order valence-corrected chi connectivity index (χ0v) is 19.6. The standard InChI is InChI=1S/C29H36FN/c1-7-9-11-28(23(5)12-13-25-14-15-25)29(31-24(6)22(4)10-8-2)17-16-26-18-21(3)19-27(30)20-26/h7,9-11,18-20,25H,1-2,12-17H2,3-6H3/b11-9-,24-22+,28-23-,31-29+. The maximum atomic E-state index is 13.9. The van der Waals surface area contributed by atoms with Crippen LogP contribution in [0.25, 0.3) is 0 Å². The molecule has 2 heteroatoms. The molecule has 0 atom stereocenters. The molecule has 0 N–H and O–H groups in total. The molecule has 0 amide bonds. The van der Waals surface area contributed by atoms with Gasteiger partial charge in [-0.1, -0.05) is 55.9 Å². The Balaban J connectivity index is 2.44. The highest BCUT2D eigenvalue weighted by Gasteiger charge is 2.21. The van der Waals surface area contributed by atoms with Crippen molar-refractivity contribution in [1.29, 1.82) is 0 Å². The van der Waals surface area contributed by atoms with Crippen LogP contribution in [-0.4, -0.2) is 5.71 Å². The van der Waals surface area contributed by atoms with E-state index in [9.17, 15) is 4.39 Å². The van der Waals surface area contributed by atoms with Crippen molar-refractivity contribution in [3.05, 3.63) is 101 Å². The summed E-state index contributed by atoms with van der Waals surface area (Å²) in [6, 6.07) is 5.25. The van der Waals surface area contributed by atoms with Crippen LogP contribution in [0.4, 0.5) is 4.39 Å². The Labute approximate surface area is 188 Å². The number of nitrogens with zero attached hydrogens (tertiary/aromatic N) is 1. The molecule has 0 radical (unpaired) electrons. The normalized spacial score (nSPS) is 16.0. The molecular weight excluding hydrogens is 381 g/mol. The van der Waals surface area contributed by atoms with E-state index < -0.39 is 0 Å². The highest BCUT2D eigenvalue weighted by atomic mass is 19.1. The van der Waals surface area contributed by atoms with E-state index in [0.29, 0.717) is 0 Å². The summed E-state index contributed by atoms with van der Waals surface area (Å²) in [7, 11) is 0. The van der Waals surface area contributed by atoms with Gasteiger partial charge < -0.3 is 0 Å². The van der Waals surface area contributed by atoms with Crippen molar-refractivity contribution in [1.82, 2.24) is 0 Å². The number of aryl methyl sites for hydroxylation is 2. The lowest BCUT2D eigenvalue weighted by molar-refractivity contribution is 0.624. The van der Waals surface area contributed by atoms with Crippen molar-refractivity contribution >= 4 is 5.71 Å². The number of hydrogen-bond donors (Lipinski definition) is 0. The van der Waals surface area contributed by atoms with Gasteiger partial charge in [0.1, 0.15) is 5.82 Å². The molecule has 1 aromatic rings. The second kappa shape index (κ2) is 12.2.